The van der Waals surface area contributed by atoms with Gasteiger partial charge in [-0.15, -0.1) is 0 Å². The molecule has 0 saturated carbocycles. The first-order valence-electron chi connectivity index (χ1n) is 7.29. The van der Waals surface area contributed by atoms with E-state index in [1.807, 2.05) is 25.2 Å². The topological polar surface area (TPSA) is 28.2 Å². The van der Waals surface area contributed by atoms with E-state index in [0.717, 1.165) is 24.3 Å². The lowest BCUT2D eigenvalue weighted by molar-refractivity contribution is 0.610. The molecule has 0 saturated heterocycles. The highest BCUT2D eigenvalue weighted by Gasteiger charge is 2.18. The van der Waals surface area contributed by atoms with Crippen LogP contribution in [0.25, 0.3) is 0 Å². The van der Waals surface area contributed by atoms with Crippen LogP contribution < -0.4 is 10.2 Å². The van der Waals surface area contributed by atoms with Crippen LogP contribution in [-0.2, 0) is 12.8 Å². The molecule has 1 atom stereocenters. The average molecular weight is 346 g/mol. The van der Waals surface area contributed by atoms with Gasteiger partial charge in [0.05, 0.1) is 11.9 Å². The van der Waals surface area contributed by atoms with Crippen LogP contribution in [0.3, 0.4) is 0 Å². The van der Waals surface area contributed by atoms with Gasteiger partial charge in [-0.2, -0.15) is 0 Å². The van der Waals surface area contributed by atoms with Crippen LogP contribution in [0.5, 0.6) is 0 Å². The van der Waals surface area contributed by atoms with E-state index in [2.05, 4.69) is 56.6 Å². The largest absolute Gasteiger partial charge is 0.381 e. The first-order valence-corrected chi connectivity index (χ1v) is 8.08. The van der Waals surface area contributed by atoms with Crippen LogP contribution in [0.4, 0.5) is 11.5 Å². The molecule has 4 heteroatoms. The SMILES string of the molecule is CN(C)c1ccc(NC2CCc3cc(Br)ccc3C2)cn1. The fraction of sp³-hybridized carbons (Fsp3) is 0.353. The Balaban J connectivity index is 1.68. The highest BCUT2D eigenvalue weighted by Crippen LogP contribution is 2.26. The Morgan fingerprint density at radius 1 is 1.19 bits per heavy atom. The van der Waals surface area contributed by atoms with Crippen molar-refractivity contribution in [2.75, 3.05) is 24.3 Å². The van der Waals surface area contributed by atoms with Crippen molar-refractivity contribution in [1.82, 2.24) is 4.98 Å². The van der Waals surface area contributed by atoms with Gasteiger partial charge >= 0.3 is 0 Å². The highest BCUT2D eigenvalue weighted by atomic mass is 79.9. The monoisotopic (exact) mass is 345 g/mol. The van der Waals surface area contributed by atoms with E-state index in [1.54, 1.807) is 0 Å². The molecular formula is C17H20BrN3. The number of pyridine rings is 1. The second kappa shape index (κ2) is 6.06. The van der Waals surface area contributed by atoms with Crippen LogP contribution in [0, 0.1) is 0 Å². The van der Waals surface area contributed by atoms with Crippen LogP contribution in [0.15, 0.2) is 41.0 Å². The first-order chi connectivity index (χ1) is 10.1. The third-order valence-electron chi connectivity index (χ3n) is 3.97. The predicted molar refractivity (Wildman–Crippen MR) is 92.1 cm³/mol. The zero-order valence-corrected chi connectivity index (χ0v) is 14.0. The number of nitrogens with one attached hydrogen (secondary N) is 1. The number of aromatic nitrogens is 1. The van der Waals surface area contributed by atoms with Gasteiger partial charge in [0, 0.05) is 24.6 Å². The number of nitrogens with zero attached hydrogens (tertiary/aromatic N) is 2. The summed E-state index contributed by atoms with van der Waals surface area (Å²) in [5, 5.41) is 3.61. The van der Waals surface area contributed by atoms with E-state index in [0.29, 0.717) is 6.04 Å². The number of hydrogen-bond acceptors (Lipinski definition) is 3. The molecule has 0 aliphatic heterocycles. The van der Waals surface area contributed by atoms with E-state index in [1.165, 1.54) is 22.0 Å². The van der Waals surface area contributed by atoms with Gasteiger partial charge in [-0.25, -0.2) is 4.98 Å². The van der Waals surface area contributed by atoms with Crippen molar-refractivity contribution in [3.05, 3.63) is 52.1 Å². The molecule has 0 spiro atoms. The average Bonchev–Trinajstić information content (AvgIpc) is 2.48. The smallest absolute Gasteiger partial charge is 0.128 e. The fourth-order valence-corrected chi connectivity index (χ4v) is 3.23. The minimum Gasteiger partial charge on any atom is -0.381 e. The first kappa shape index (κ1) is 14.4. The number of benzene rings is 1. The van der Waals surface area contributed by atoms with Crippen LogP contribution in [-0.4, -0.2) is 25.1 Å². The number of aryl methyl sites for hydroxylation is 1. The summed E-state index contributed by atoms with van der Waals surface area (Å²) in [6, 6.07) is 11.3. The van der Waals surface area contributed by atoms with E-state index < -0.39 is 0 Å². The molecule has 1 unspecified atom stereocenters. The van der Waals surface area contributed by atoms with Gasteiger partial charge in [0.2, 0.25) is 0 Å². The van der Waals surface area contributed by atoms with Crippen LogP contribution in [0.1, 0.15) is 17.5 Å². The summed E-state index contributed by atoms with van der Waals surface area (Å²) in [6.45, 7) is 0. The lowest BCUT2D eigenvalue weighted by atomic mass is 9.88. The van der Waals surface area contributed by atoms with Crippen molar-refractivity contribution in [2.24, 2.45) is 0 Å². The number of anilines is 2. The van der Waals surface area contributed by atoms with Crippen molar-refractivity contribution >= 4 is 27.4 Å². The molecule has 1 aromatic carbocycles. The Kier molecular flexibility index (Phi) is 4.15. The molecule has 0 radical (unpaired) electrons. The minimum atomic E-state index is 0.491. The van der Waals surface area contributed by atoms with Crippen molar-refractivity contribution < 1.29 is 0 Å². The lowest BCUT2D eigenvalue weighted by Crippen LogP contribution is -2.27. The molecule has 1 aromatic heterocycles. The van der Waals surface area contributed by atoms with Crippen LogP contribution >= 0.6 is 15.9 Å². The second-order valence-corrected chi connectivity index (χ2v) is 6.71. The molecule has 0 amide bonds. The molecule has 21 heavy (non-hydrogen) atoms. The number of halogens is 1. The fourth-order valence-electron chi connectivity index (χ4n) is 2.82. The quantitative estimate of drug-likeness (QED) is 0.914. The molecule has 1 N–H and O–H groups in total. The molecule has 2 aromatic rings. The predicted octanol–water partition coefficient (Wildman–Crippen LogP) is 3.88. The minimum absolute atomic E-state index is 0.491. The third-order valence-corrected chi connectivity index (χ3v) is 4.47. The van der Waals surface area contributed by atoms with Crippen molar-refractivity contribution in [2.45, 2.75) is 25.3 Å². The lowest BCUT2D eigenvalue weighted by Gasteiger charge is -2.26. The summed E-state index contributed by atoms with van der Waals surface area (Å²) in [5.41, 5.74) is 4.04. The summed E-state index contributed by atoms with van der Waals surface area (Å²) >= 11 is 3.55. The molecule has 1 heterocycles. The maximum atomic E-state index is 4.46. The van der Waals surface area contributed by atoms with Crippen LogP contribution in [0.2, 0.25) is 0 Å². The Morgan fingerprint density at radius 3 is 2.76 bits per heavy atom. The molecule has 1 aliphatic rings. The van der Waals surface area contributed by atoms with Gasteiger partial charge in [0.1, 0.15) is 5.82 Å². The van der Waals surface area contributed by atoms with Gasteiger partial charge in [-0.1, -0.05) is 22.0 Å². The molecule has 0 bridgehead atoms. The summed E-state index contributed by atoms with van der Waals surface area (Å²) in [4.78, 5) is 6.47. The zero-order chi connectivity index (χ0) is 14.8. The van der Waals surface area contributed by atoms with Crippen molar-refractivity contribution in [1.29, 1.82) is 0 Å². The molecule has 0 fully saturated rings. The van der Waals surface area contributed by atoms with Crippen molar-refractivity contribution in [3.63, 3.8) is 0 Å². The Bertz CT molecular complexity index is 622. The Hall–Kier alpha value is -1.55. The Labute approximate surface area is 134 Å². The summed E-state index contributed by atoms with van der Waals surface area (Å²) in [7, 11) is 4.01. The Morgan fingerprint density at radius 2 is 2.05 bits per heavy atom. The number of rotatable bonds is 3. The van der Waals surface area contributed by atoms with Gasteiger partial charge in [-0.05, 0) is 54.7 Å². The van der Waals surface area contributed by atoms with Gasteiger partial charge in [-0.3, -0.25) is 0 Å². The molecule has 3 nitrogen and oxygen atoms in total. The maximum Gasteiger partial charge on any atom is 0.128 e. The van der Waals surface area contributed by atoms with E-state index >= 15 is 0 Å². The van der Waals surface area contributed by atoms with Crippen molar-refractivity contribution in [3.8, 4) is 0 Å². The van der Waals surface area contributed by atoms with Gasteiger partial charge < -0.3 is 10.2 Å². The zero-order valence-electron chi connectivity index (χ0n) is 12.4. The maximum absolute atomic E-state index is 4.46. The standard InChI is InChI=1S/C17H20BrN3/c1-21(2)17-8-7-16(11-19-17)20-15-6-4-12-9-14(18)5-3-13(12)10-15/h3,5,7-9,11,15,20H,4,6,10H2,1-2H3. The highest BCUT2D eigenvalue weighted by molar-refractivity contribution is 9.10. The number of hydrogen-bond donors (Lipinski definition) is 1. The number of fused-ring (bicyclic) bond motifs is 1. The molecular weight excluding hydrogens is 326 g/mol. The van der Waals surface area contributed by atoms with E-state index in [4.69, 9.17) is 0 Å². The summed E-state index contributed by atoms with van der Waals surface area (Å²) in [5.74, 6) is 0.986. The summed E-state index contributed by atoms with van der Waals surface area (Å²) < 4.78 is 1.18. The van der Waals surface area contributed by atoms with E-state index in [9.17, 15) is 0 Å². The second-order valence-electron chi connectivity index (χ2n) is 5.80. The molecule has 3 rings (SSSR count). The normalized spacial score (nSPS) is 17.2. The molecule has 110 valence electrons. The summed E-state index contributed by atoms with van der Waals surface area (Å²) in [6.07, 6.45) is 5.30. The third kappa shape index (κ3) is 3.38. The van der Waals surface area contributed by atoms with E-state index in [-0.39, 0.29) is 0 Å². The van der Waals surface area contributed by atoms with Gasteiger partial charge in [0.15, 0.2) is 0 Å². The van der Waals surface area contributed by atoms with Gasteiger partial charge in [0.25, 0.3) is 0 Å². The molecule has 1 aliphatic carbocycles.